The van der Waals surface area contributed by atoms with Crippen molar-refractivity contribution in [2.45, 2.75) is 37.5 Å². The van der Waals surface area contributed by atoms with E-state index in [1.165, 1.54) is 6.07 Å². The average Bonchev–Trinajstić information content (AvgIpc) is 3.48. The molecule has 176 valence electrons. The number of carbonyl (C=O) groups is 1. The van der Waals surface area contributed by atoms with Gasteiger partial charge in [0.1, 0.15) is 5.82 Å². The summed E-state index contributed by atoms with van der Waals surface area (Å²) in [5.41, 5.74) is 2.45. The van der Waals surface area contributed by atoms with E-state index < -0.39 is 24.2 Å². The zero-order valence-electron chi connectivity index (χ0n) is 18.0. The van der Waals surface area contributed by atoms with E-state index in [4.69, 9.17) is 9.47 Å². The van der Waals surface area contributed by atoms with Crippen LogP contribution in [0.3, 0.4) is 0 Å². The number of nitrogens with zero attached hydrogens (tertiary/aromatic N) is 3. The first kappa shape index (κ1) is 20.9. The van der Waals surface area contributed by atoms with Crippen LogP contribution in [0.1, 0.15) is 46.5 Å². The van der Waals surface area contributed by atoms with Gasteiger partial charge in [0.2, 0.25) is 6.79 Å². The van der Waals surface area contributed by atoms with Crippen molar-refractivity contribution < 1.29 is 27.4 Å². The Kier molecular flexibility index (Phi) is 4.72. The third kappa shape index (κ3) is 3.44. The maximum Gasteiger partial charge on any atom is 0.410 e. The highest BCUT2D eigenvalue weighted by molar-refractivity contribution is 6.06. The zero-order chi connectivity index (χ0) is 23.4. The number of amides is 1. The van der Waals surface area contributed by atoms with Crippen molar-refractivity contribution in [1.29, 1.82) is 0 Å². The lowest BCUT2D eigenvalue weighted by Crippen LogP contribution is -2.37. The van der Waals surface area contributed by atoms with Crippen molar-refractivity contribution in [2.75, 3.05) is 23.6 Å². The number of carbonyl (C=O) groups excluding carboxylic acids is 1. The lowest BCUT2D eigenvalue weighted by atomic mass is 9.96. The molecule has 3 aliphatic heterocycles. The van der Waals surface area contributed by atoms with Gasteiger partial charge in [-0.2, -0.15) is 18.3 Å². The molecular weight excluding hydrogens is 449 g/mol. The minimum atomic E-state index is -4.53. The van der Waals surface area contributed by atoms with Gasteiger partial charge in [-0.25, -0.2) is 4.68 Å². The van der Waals surface area contributed by atoms with Crippen molar-refractivity contribution >= 4 is 17.4 Å². The number of benzene rings is 2. The number of rotatable bonds is 2. The predicted octanol–water partition coefficient (Wildman–Crippen LogP) is 4.87. The van der Waals surface area contributed by atoms with Crippen LogP contribution in [0.5, 0.6) is 11.5 Å². The molecule has 2 unspecified atom stereocenters. The number of anilines is 2. The van der Waals surface area contributed by atoms with Crippen molar-refractivity contribution in [3.63, 3.8) is 0 Å². The zero-order valence-corrected chi connectivity index (χ0v) is 18.0. The molecule has 4 heterocycles. The molecule has 7 nitrogen and oxygen atoms in total. The molecule has 0 saturated carbocycles. The Balaban J connectivity index is 1.34. The molecule has 1 amide bonds. The van der Waals surface area contributed by atoms with E-state index in [1.54, 1.807) is 23.1 Å². The Morgan fingerprint density at radius 1 is 1.09 bits per heavy atom. The first-order valence-electron chi connectivity index (χ1n) is 11.1. The summed E-state index contributed by atoms with van der Waals surface area (Å²) in [6.07, 6.45) is -3.16. The SMILES string of the molecule is O=C(c1cc2n(n1)C(C(F)(F)F)CC(c1ccc3c(c1)OCO3)N2)N1CCCc2ccccc21. The number of alkyl halides is 3. The summed E-state index contributed by atoms with van der Waals surface area (Å²) < 4.78 is 53.8. The Morgan fingerprint density at radius 3 is 2.76 bits per heavy atom. The molecule has 0 bridgehead atoms. The number of nitrogens with one attached hydrogen (secondary N) is 1. The molecule has 0 radical (unpaired) electrons. The summed E-state index contributed by atoms with van der Waals surface area (Å²) in [5, 5.41) is 7.27. The van der Waals surface area contributed by atoms with E-state index >= 15 is 0 Å². The molecular formula is C24H21F3N4O3. The van der Waals surface area contributed by atoms with Gasteiger partial charge in [-0.1, -0.05) is 24.3 Å². The minimum absolute atomic E-state index is 0.0141. The predicted molar refractivity (Wildman–Crippen MR) is 117 cm³/mol. The van der Waals surface area contributed by atoms with Gasteiger partial charge in [0.05, 0.1) is 6.04 Å². The third-order valence-electron chi connectivity index (χ3n) is 6.56. The molecule has 3 aliphatic rings. The van der Waals surface area contributed by atoms with Crippen LogP contribution in [0.25, 0.3) is 0 Å². The first-order valence-corrected chi connectivity index (χ1v) is 11.1. The number of hydrogen-bond donors (Lipinski definition) is 1. The lowest BCUT2D eigenvalue weighted by Gasteiger charge is -2.33. The van der Waals surface area contributed by atoms with E-state index in [2.05, 4.69) is 10.4 Å². The molecule has 0 spiro atoms. The van der Waals surface area contributed by atoms with Crippen molar-refractivity contribution in [3.8, 4) is 11.5 Å². The highest BCUT2D eigenvalue weighted by atomic mass is 19.4. The number of halogens is 3. The van der Waals surface area contributed by atoms with Crippen molar-refractivity contribution in [3.05, 3.63) is 65.4 Å². The third-order valence-corrected chi connectivity index (χ3v) is 6.56. The monoisotopic (exact) mass is 470 g/mol. The molecule has 1 aromatic heterocycles. The number of hydrogen-bond acceptors (Lipinski definition) is 5. The van der Waals surface area contributed by atoms with E-state index in [0.29, 0.717) is 23.6 Å². The second kappa shape index (κ2) is 7.68. The first-order chi connectivity index (χ1) is 16.4. The van der Waals surface area contributed by atoms with Crippen molar-refractivity contribution in [1.82, 2.24) is 9.78 Å². The van der Waals surface area contributed by atoms with Gasteiger partial charge >= 0.3 is 6.18 Å². The fraction of sp³-hybridized carbons (Fsp3) is 0.333. The Hall–Kier alpha value is -3.69. The fourth-order valence-corrected chi connectivity index (χ4v) is 4.91. The minimum Gasteiger partial charge on any atom is -0.454 e. The van der Waals surface area contributed by atoms with Crippen LogP contribution in [-0.2, 0) is 6.42 Å². The van der Waals surface area contributed by atoms with Gasteiger partial charge in [0.15, 0.2) is 23.2 Å². The number of aryl methyl sites for hydroxylation is 1. The van der Waals surface area contributed by atoms with Crippen LogP contribution >= 0.6 is 0 Å². The summed E-state index contributed by atoms with van der Waals surface area (Å²) in [6.45, 7) is 0.577. The van der Waals surface area contributed by atoms with Gasteiger partial charge in [-0.15, -0.1) is 0 Å². The number of aromatic nitrogens is 2. The topological polar surface area (TPSA) is 68.6 Å². The van der Waals surface area contributed by atoms with Gasteiger partial charge in [0.25, 0.3) is 5.91 Å². The van der Waals surface area contributed by atoms with E-state index in [9.17, 15) is 18.0 Å². The maximum absolute atomic E-state index is 14.1. The fourth-order valence-electron chi connectivity index (χ4n) is 4.91. The normalized spacial score (nSPS) is 21.0. The molecule has 0 aliphatic carbocycles. The summed E-state index contributed by atoms with van der Waals surface area (Å²) in [5.74, 6) is 0.814. The number of ether oxygens (including phenoxy) is 2. The molecule has 6 rings (SSSR count). The molecule has 10 heteroatoms. The molecule has 2 aromatic carbocycles. The van der Waals surface area contributed by atoms with E-state index in [-0.39, 0.29) is 24.7 Å². The maximum atomic E-state index is 14.1. The van der Waals surface area contributed by atoms with Crippen LogP contribution in [0.15, 0.2) is 48.5 Å². The van der Waals surface area contributed by atoms with Gasteiger partial charge in [0, 0.05) is 24.7 Å². The summed E-state index contributed by atoms with van der Waals surface area (Å²) >= 11 is 0. The Labute approximate surface area is 193 Å². The number of fused-ring (bicyclic) bond motifs is 3. The van der Waals surface area contributed by atoms with E-state index in [1.807, 2.05) is 24.3 Å². The molecule has 34 heavy (non-hydrogen) atoms. The molecule has 0 saturated heterocycles. The van der Waals surface area contributed by atoms with Crippen LogP contribution in [0.2, 0.25) is 0 Å². The lowest BCUT2D eigenvalue weighted by molar-refractivity contribution is -0.173. The Morgan fingerprint density at radius 2 is 1.91 bits per heavy atom. The second-order valence-corrected chi connectivity index (χ2v) is 8.65. The smallest absolute Gasteiger partial charge is 0.410 e. The van der Waals surface area contributed by atoms with Gasteiger partial charge < -0.3 is 19.7 Å². The van der Waals surface area contributed by atoms with Crippen LogP contribution in [0, 0.1) is 0 Å². The van der Waals surface area contributed by atoms with Crippen LogP contribution in [-0.4, -0.2) is 35.2 Å². The number of para-hydroxylation sites is 1. The largest absolute Gasteiger partial charge is 0.454 e. The molecule has 3 aromatic rings. The summed E-state index contributed by atoms with van der Waals surface area (Å²) in [4.78, 5) is 14.9. The average molecular weight is 470 g/mol. The van der Waals surface area contributed by atoms with Gasteiger partial charge in [-0.3, -0.25) is 4.79 Å². The Bertz CT molecular complexity index is 1270. The highest BCUT2D eigenvalue weighted by Gasteiger charge is 2.47. The standard InChI is InChI=1S/C24H21F3N4O3/c25-24(26,27)21-11-16(15-7-8-19-20(10-15)34-13-33-19)28-22-12-17(29-31(21)22)23(32)30-9-3-5-14-4-1-2-6-18(14)30/h1-2,4,6-8,10,12,16,21,28H,3,5,9,11,13H2. The van der Waals surface area contributed by atoms with Crippen LogP contribution < -0.4 is 19.7 Å². The summed E-state index contributed by atoms with van der Waals surface area (Å²) in [7, 11) is 0. The molecule has 2 atom stereocenters. The van der Waals surface area contributed by atoms with E-state index in [0.717, 1.165) is 28.8 Å². The summed E-state index contributed by atoms with van der Waals surface area (Å²) in [6, 6.07) is 11.6. The quantitative estimate of drug-likeness (QED) is 0.579. The van der Waals surface area contributed by atoms with Crippen molar-refractivity contribution in [2.24, 2.45) is 0 Å². The molecule has 0 fully saturated rings. The van der Waals surface area contributed by atoms with Crippen LogP contribution in [0.4, 0.5) is 24.7 Å². The molecule has 1 N–H and O–H groups in total. The highest BCUT2D eigenvalue weighted by Crippen LogP contribution is 2.45. The second-order valence-electron chi connectivity index (χ2n) is 8.65. The van der Waals surface area contributed by atoms with Gasteiger partial charge in [-0.05, 0) is 42.2 Å².